The summed E-state index contributed by atoms with van der Waals surface area (Å²) in [6, 6.07) is 17.7. The molecule has 0 N–H and O–H groups in total. The van der Waals surface area contributed by atoms with Gasteiger partial charge in [0.1, 0.15) is 11.7 Å². The summed E-state index contributed by atoms with van der Waals surface area (Å²) in [6.07, 6.45) is 1.10. The zero-order chi connectivity index (χ0) is 22.0. The van der Waals surface area contributed by atoms with Gasteiger partial charge in [-0.05, 0) is 49.4 Å². The monoisotopic (exact) mass is 417 g/mol. The van der Waals surface area contributed by atoms with E-state index >= 15 is 0 Å². The first-order chi connectivity index (χ1) is 15.0. The molecule has 1 aliphatic carbocycles. The molecule has 5 nitrogen and oxygen atoms in total. The average Bonchev–Trinajstić information content (AvgIpc) is 2.78. The highest BCUT2D eigenvalue weighted by Gasteiger charge is 2.44. The number of rotatable bonds is 5. The molecule has 2 aromatic rings. The standard InChI is InChI=1S/C26H27NO4/c1-4-31-26(29)23-16(2)27-21-14-19(17-8-6-5-7-9-17)15-22(28)25(21)24(23)18-10-12-20(30-3)13-11-18/h5-13,19,23-24H,4,14-15H2,1-3H3/t19-,23?,24-/m0/s1. The van der Waals surface area contributed by atoms with E-state index in [4.69, 9.17) is 14.5 Å². The number of nitrogens with zero attached hydrogens (tertiary/aromatic N) is 1. The second-order valence-electron chi connectivity index (χ2n) is 8.03. The van der Waals surface area contributed by atoms with Gasteiger partial charge in [-0.15, -0.1) is 0 Å². The number of aliphatic imine (C=N–C) groups is 1. The summed E-state index contributed by atoms with van der Waals surface area (Å²) < 4.78 is 10.7. The summed E-state index contributed by atoms with van der Waals surface area (Å²) >= 11 is 0. The molecule has 4 rings (SSSR count). The number of ketones is 1. The van der Waals surface area contributed by atoms with Gasteiger partial charge in [-0.2, -0.15) is 0 Å². The van der Waals surface area contributed by atoms with E-state index in [2.05, 4.69) is 12.1 Å². The SMILES string of the molecule is CCOC(=O)C1C(C)=NC2=C(C(=O)C[C@@H](c3ccccc3)C2)[C@H]1c1ccc(OC)cc1. The maximum absolute atomic E-state index is 13.4. The number of carbonyl (C=O) groups is 2. The van der Waals surface area contributed by atoms with Crippen molar-refractivity contribution in [2.75, 3.05) is 13.7 Å². The molecule has 0 aromatic heterocycles. The molecule has 2 aromatic carbocycles. The highest BCUT2D eigenvalue weighted by Crippen LogP contribution is 2.47. The first-order valence-electron chi connectivity index (χ1n) is 10.7. The molecule has 0 bridgehead atoms. The molecule has 1 aliphatic heterocycles. The molecule has 1 unspecified atom stereocenters. The van der Waals surface area contributed by atoms with Crippen molar-refractivity contribution in [2.45, 2.75) is 38.5 Å². The van der Waals surface area contributed by atoms with Crippen molar-refractivity contribution in [2.24, 2.45) is 10.9 Å². The van der Waals surface area contributed by atoms with Crippen LogP contribution in [0.25, 0.3) is 0 Å². The van der Waals surface area contributed by atoms with Crippen molar-refractivity contribution in [3.8, 4) is 5.75 Å². The van der Waals surface area contributed by atoms with E-state index in [1.54, 1.807) is 14.0 Å². The predicted molar refractivity (Wildman–Crippen MR) is 119 cm³/mol. The van der Waals surface area contributed by atoms with Gasteiger partial charge < -0.3 is 9.47 Å². The van der Waals surface area contributed by atoms with Crippen LogP contribution < -0.4 is 4.74 Å². The first kappa shape index (κ1) is 21.0. The van der Waals surface area contributed by atoms with E-state index in [1.807, 2.05) is 49.4 Å². The smallest absolute Gasteiger partial charge is 0.315 e. The number of esters is 1. The van der Waals surface area contributed by atoms with Gasteiger partial charge in [-0.25, -0.2) is 0 Å². The Balaban J connectivity index is 1.79. The van der Waals surface area contributed by atoms with Crippen LogP contribution >= 0.6 is 0 Å². The van der Waals surface area contributed by atoms with E-state index in [9.17, 15) is 9.59 Å². The Morgan fingerprint density at radius 3 is 2.39 bits per heavy atom. The third kappa shape index (κ3) is 4.05. The van der Waals surface area contributed by atoms with Gasteiger partial charge in [0, 0.05) is 29.3 Å². The van der Waals surface area contributed by atoms with Crippen LogP contribution in [-0.4, -0.2) is 31.2 Å². The van der Waals surface area contributed by atoms with Crippen LogP contribution in [0, 0.1) is 5.92 Å². The minimum atomic E-state index is -0.607. The fourth-order valence-corrected chi connectivity index (χ4v) is 4.73. The average molecular weight is 418 g/mol. The number of Topliss-reactive ketones (excluding diaryl/α,β-unsaturated/α-hetero) is 1. The Kier molecular flexibility index (Phi) is 6.03. The molecule has 2 aliphatic rings. The minimum absolute atomic E-state index is 0.0569. The number of allylic oxidation sites excluding steroid dienone is 2. The summed E-state index contributed by atoms with van der Waals surface area (Å²) in [5.41, 5.74) is 4.18. The van der Waals surface area contributed by atoms with Crippen LogP contribution in [0.2, 0.25) is 0 Å². The van der Waals surface area contributed by atoms with Crippen molar-refractivity contribution < 1.29 is 19.1 Å². The lowest BCUT2D eigenvalue weighted by atomic mass is 9.69. The van der Waals surface area contributed by atoms with Gasteiger partial charge in [0.25, 0.3) is 0 Å². The molecule has 5 heteroatoms. The molecule has 0 amide bonds. The fourth-order valence-electron chi connectivity index (χ4n) is 4.73. The molecule has 0 saturated heterocycles. The van der Waals surface area contributed by atoms with Crippen LogP contribution in [-0.2, 0) is 14.3 Å². The largest absolute Gasteiger partial charge is 0.497 e. The molecule has 3 atom stereocenters. The first-order valence-corrected chi connectivity index (χ1v) is 10.7. The fraction of sp³-hybridized carbons (Fsp3) is 0.346. The third-order valence-electron chi connectivity index (χ3n) is 6.18. The van der Waals surface area contributed by atoms with Crippen LogP contribution in [0.1, 0.15) is 49.7 Å². The van der Waals surface area contributed by atoms with Crippen molar-refractivity contribution in [1.82, 2.24) is 0 Å². The Bertz CT molecular complexity index is 1040. The second kappa shape index (κ2) is 8.88. The van der Waals surface area contributed by atoms with Crippen LogP contribution in [0.4, 0.5) is 0 Å². The van der Waals surface area contributed by atoms with E-state index in [0.717, 1.165) is 22.6 Å². The lowest BCUT2D eigenvalue weighted by molar-refractivity contribution is -0.146. The number of methoxy groups -OCH3 is 1. The molecule has 0 radical (unpaired) electrons. The molecular weight excluding hydrogens is 390 g/mol. The van der Waals surface area contributed by atoms with Crippen molar-refractivity contribution in [3.63, 3.8) is 0 Å². The molecule has 31 heavy (non-hydrogen) atoms. The van der Waals surface area contributed by atoms with Crippen LogP contribution in [0.5, 0.6) is 5.75 Å². The van der Waals surface area contributed by atoms with Gasteiger partial charge in [0.15, 0.2) is 5.78 Å². The number of hydrogen-bond acceptors (Lipinski definition) is 5. The Morgan fingerprint density at radius 2 is 1.74 bits per heavy atom. The lowest BCUT2D eigenvalue weighted by Gasteiger charge is -2.36. The molecular formula is C26H27NO4. The van der Waals surface area contributed by atoms with E-state index in [1.165, 1.54) is 0 Å². The zero-order valence-corrected chi connectivity index (χ0v) is 18.1. The third-order valence-corrected chi connectivity index (χ3v) is 6.18. The summed E-state index contributed by atoms with van der Waals surface area (Å²) in [6.45, 7) is 3.93. The summed E-state index contributed by atoms with van der Waals surface area (Å²) in [7, 11) is 1.61. The zero-order valence-electron chi connectivity index (χ0n) is 18.1. The molecule has 1 heterocycles. The van der Waals surface area contributed by atoms with Gasteiger partial charge >= 0.3 is 5.97 Å². The number of carbonyl (C=O) groups excluding carboxylic acids is 2. The van der Waals surface area contributed by atoms with Gasteiger partial charge in [-0.3, -0.25) is 14.6 Å². The Morgan fingerprint density at radius 1 is 1.03 bits per heavy atom. The highest BCUT2D eigenvalue weighted by molar-refractivity contribution is 6.09. The second-order valence-corrected chi connectivity index (χ2v) is 8.03. The Labute approximate surface area is 182 Å². The maximum atomic E-state index is 13.4. The van der Waals surface area contributed by atoms with E-state index in [0.29, 0.717) is 24.1 Å². The lowest BCUT2D eigenvalue weighted by Crippen LogP contribution is -2.38. The van der Waals surface area contributed by atoms with Gasteiger partial charge in [-0.1, -0.05) is 42.5 Å². The van der Waals surface area contributed by atoms with Crippen LogP contribution in [0.15, 0.2) is 70.9 Å². The van der Waals surface area contributed by atoms with Gasteiger partial charge in [0.2, 0.25) is 0 Å². The van der Waals surface area contributed by atoms with Crippen molar-refractivity contribution >= 4 is 17.5 Å². The number of ether oxygens (including phenoxy) is 2. The summed E-state index contributed by atoms with van der Waals surface area (Å²) in [5, 5.41) is 0. The normalized spacial score (nSPS) is 23.1. The number of benzene rings is 2. The van der Waals surface area contributed by atoms with E-state index in [-0.39, 0.29) is 24.3 Å². The van der Waals surface area contributed by atoms with Gasteiger partial charge in [0.05, 0.1) is 13.7 Å². The Hall–Kier alpha value is -3.21. The topological polar surface area (TPSA) is 65.0 Å². The van der Waals surface area contributed by atoms with E-state index < -0.39 is 11.8 Å². The van der Waals surface area contributed by atoms with Crippen molar-refractivity contribution in [3.05, 3.63) is 77.0 Å². The minimum Gasteiger partial charge on any atom is -0.497 e. The number of hydrogen-bond donors (Lipinski definition) is 0. The predicted octanol–water partition coefficient (Wildman–Crippen LogP) is 4.83. The quantitative estimate of drug-likeness (QED) is 0.654. The van der Waals surface area contributed by atoms with Crippen molar-refractivity contribution in [1.29, 1.82) is 0 Å². The molecule has 0 spiro atoms. The summed E-state index contributed by atoms with van der Waals surface area (Å²) in [5.74, 6) is -0.466. The van der Waals surface area contributed by atoms with Crippen LogP contribution in [0.3, 0.4) is 0 Å². The maximum Gasteiger partial charge on any atom is 0.315 e. The molecule has 0 fully saturated rings. The molecule has 0 saturated carbocycles. The highest BCUT2D eigenvalue weighted by atomic mass is 16.5. The summed E-state index contributed by atoms with van der Waals surface area (Å²) in [4.78, 5) is 31.1. The molecule has 160 valence electrons.